The Hall–Kier alpha value is -3.30. The number of benzene rings is 2. The predicted octanol–water partition coefficient (Wildman–Crippen LogP) is 4.49. The number of thioether (sulfide) groups is 1. The summed E-state index contributed by atoms with van der Waals surface area (Å²) in [6, 6.07) is 15.9. The summed E-state index contributed by atoms with van der Waals surface area (Å²) in [5.41, 5.74) is 2.80. The van der Waals surface area contributed by atoms with E-state index >= 15 is 0 Å². The van der Waals surface area contributed by atoms with Gasteiger partial charge >= 0.3 is 5.97 Å². The summed E-state index contributed by atoms with van der Waals surface area (Å²) >= 11 is 2.79. The number of aromatic nitrogens is 3. The number of aromatic carboxylic acids is 1. The van der Waals surface area contributed by atoms with Gasteiger partial charge in [0, 0.05) is 16.6 Å². The lowest BCUT2D eigenvalue weighted by Gasteiger charge is -2.09. The molecule has 0 aliphatic carbocycles. The molecule has 4 aromatic rings. The van der Waals surface area contributed by atoms with Gasteiger partial charge in [0.1, 0.15) is 5.01 Å². The van der Waals surface area contributed by atoms with Gasteiger partial charge in [-0.05, 0) is 31.2 Å². The molecule has 2 aromatic heterocycles. The van der Waals surface area contributed by atoms with Gasteiger partial charge in [0.15, 0.2) is 4.34 Å². The van der Waals surface area contributed by atoms with Crippen molar-refractivity contribution in [1.29, 1.82) is 0 Å². The van der Waals surface area contributed by atoms with Gasteiger partial charge in [-0.2, -0.15) is 0 Å². The Labute approximate surface area is 180 Å². The molecule has 0 aliphatic heterocycles. The zero-order valence-electron chi connectivity index (χ0n) is 15.8. The Bertz CT molecular complexity index is 1240. The average Bonchev–Trinajstić information content (AvgIpc) is 3.17. The molecule has 1 amide bonds. The summed E-state index contributed by atoms with van der Waals surface area (Å²) < 4.78 is 0.759. The summed E-state index contributed by atoms with van der Waals surface area (Å²) in [6.45, 7) is 1.87. The van der Waals surface area contributed by atoms with Gasteiger partial charge in [0.2, 0.25) is 5.91 Å². The molecule has 0 unspecified atom stereocenters. The molecule has 150 valence electrons. The summed E-state index contributed by atoms with van der Waals surface area (Å²) in [5.74, 6) is -0.899. The number of rotatable bonds is 6. The highest BCUT2D eigenvalue weighted by molar-refractivity contribution is 8.01. The number of para-hydroxylation sites is 1. The quantitative estimate of drug-likeness (QED) is 0.429. The van der Waals surface area contributed by atoms with Crippen molar-refractivity contribution in [3.63, 3.8) is 0 Å². The van der Waals surface area contributed by atoms with Crippen LogP contribution in [-0.4, -0.2) is 37.9 Å². The van der Waals surface area contributed by atoms with Crippen LogP contribution in [0.15, 0.2) is 58.9 Å². The summed E-state index contributed by atoms with van der Waals surface area (Å²) in [7, 11) is 0. The second-order valence-electron chi connectivity index (χ2n) is 6.38. The van der Waals surface area contributed by atoms with Crippen LogP contribution >= 0.6 is 23.1 Å². The van der Waals surface area contributed by atoms with E-state index in [1.807, 2.05) is 13.0 Å². The molecule has 7 nitrogen and oxygen atoms in total. The van der Waals surface area contributed by atoms with Crippen molar-refractivity contribution in [2.24, 2.45) is 0 Å². The van der Waals surface area contributed by atoms with E-state index in [0.717, 1.165) is 14.9 Å². The zero-order valence-corrected chi connectivity index (χ0v) is 17.5. The van der Waals surface area contributed by atoms with Gasteiger partial charge in [-0.3, -0.25) is 4.79 Å². The van der Waals surface area contributed by atoms with Gasteiger partial charge in [0.05, 0.1) is 22.5 Å². The number of carbonyl (C=O) groups is 2. The minimum Gasteiger partial charge on any atom is -0.478 e. The number of aryl methyl sites for hydroxylation is 1. The van der Waals surface area contributed by atoms with Crippen molar-refractivity contribution in [2.45, 2.75) is 11.3 Å². The second-order valence-corrected chi connectivity index (χ2v) is 8.78. The van der Waals surface area contributed by atoms with Gasteiger partial charge in [0.25, 0.3) is 0 Å². The van der Waals surface area contributed by atoms with Crippen molar-refractivity contribution < 1.29 is 14.7 Å². The Morgan fingerprint density at radius 3 is 2.57 bits per heavy atom. The van der Waals surface area contributed by atoms with Crippen LogP contribution < -0.4 is 5.32 Å². The standard InChI is InChI=1S/C21H16N4O3S2/c1-12-24-25-21(30-12)29-11-19(26)22-14-8-6-13(7-9-14)18-10-16(20(27)28)15-4-2-3-5-17(15)23-18/h2-10H,11H2,1H3,(H,22,26)(H,27,28). The molecule has 0 spiro atoms. The first kappa shape index (κ1) is 20.0. The van der Waals surface area contributed by atoms with Crippen molar-refractivity contribution in [3.8, 4) is 11.3 Å². The van der Waals surface area contributed by atoms with E-state index in [1.54, 1.807) is 48.5 Å². The Balaban J connectivity index is 1.49. The average molecular weight is 437 g/mol. The van der Waals surface area contributed by atoms with E-state index in [9.17, 15) is 14.7 Å². The molecule has 2 N–H and O–H groups in total. The summed E-state index contributed by atoms with van der Waals surface area (Å²) in [4.78, 5) is 28.4. The lowest BCUT2D eigenvalue weighted by Crippen LogP contribution is -2.13. The molecule has 0 radical (unpaired) electrons. The molecule has 0 atom stereocenters. The van der Waals surface area contributed by atoms with E-state index in [4.69, 9.17) is 0 Å². The Morgan fingerprint density at radius 2 is 1.87 bits per heavy atom. The number of nitrogens with one attached hydrogen (secondary N) is 1. The van der Waals surface area contributed by atoms with E-state index in [0.29, 0.717) is 22.3 Å². The topological polar surface area (TPSA) is 105 Å². The number of fused-ring (bicyclic) bond motifs is 1. The second kappa shape index (κ2) is 8.60. The maximum atomic E-state index is 12.2. The number of carboxylic acids is 1. The first-order valence-electron chi connectivity index (χ1n) is 8.96. The SMILES string of the molecule is Cc1nnc(SCC(=O)Nc2ccc(-c3cc(C(=O)O)c4ccccc4n3)cc2)s1. The monoisotopic (exact) mass is 436 g/mol. The molecule has 0 aliphatic rings. The zero-order chi connectivity index (χ0) is 21.1. The third-order valence-corrected chi connectivity index (χ3v) is 6.22. The normalized spacial score (nSPS) is 10.8. The summed E-state index contributed by atoms with van der Waals surface area (Å²) in [6.07, 6.45) is 0. The van der Waals surface area contributed by atoms with Gasteiger partial charge < -0.3 is 10.4 Å². The number of carboxylic acid groups (broad SMARTS) is 1. The summed E-state index contributed by atoms with van der Waals surface area (Å²) in [5, 5.41) is 21.8. The molecule has 0 fully saturated rings. The number of anilines is 1. The Morgan fingerprint density at radius 1 is 1.10 bits per heavy atom. The van der Waals surface area contributed by atoms with Crippen molar-refractivity contribution >= 4 is 51.6 Å². The largest absolute Gasteiger partial charge is 0.478 e. The molecule has 9 heteroatoms. The van der Waals surface area contributed by atoms with Crippen LogP contribution in [0.5, 0.6) is 0 Å². The highest BCUT2D eigenvalue weighted by atomic mass is 32.2. The molecule has 4 rings (SSSR count). The fourth-order valence-corrected chi connectivity index (χ4v) is 4.50. The fourth-order valence-electron chi connectivity index (χ4n) is 2.89. The van der Waals surface area contributed by atoms with Crippen molar-refractivity contribution in [1.82, 2.24) is 15.2 Å². The van der Waals surface area contributed by atoms with Crippen LogP contribution in [0, 0.1) is 6.92 Å². The molecule has 0 saturated carbocycles. The van der Waals surface area contributed by atoms with Gasteiger partial charge in [-0.25, -0.2) is 9.78 Å². The van der Waals surface area contributed by atoms with Crippen LogP contribution in [0.2, 0.25) is 0 Å². The van der Waals surface area contributed by atoms with E-state index in [2.05, 4.69) is 20.5 Å². The highest BCUT2D eigenvalue weighted by Crippen LogP contribution is 2.26. The Kier molecular flexibility index (Phi) is 5.73. The molecular formula is C21H16N4O3S2. The molecule has 0 saturated heterocycles. The van der Waals surface area contributed by atoms with Crippen LogP contribution in [0.1, 0.15) is 15.4 Å². The predicted molar refractivity (Wildman–Crippen MR) is 118 cm³/mol. The number of carbonyl (C=O) groups excluding carboxylic acids is 1. The lowest BCUT2D eigenvalue weighted by atomic mass is 10.0. The van der Waals surface area contributed by atoms with Crippen molar-refractivity contribution in [3.05, 3.63) is 65.2 Å². The van der Waals surface area contributed by atoms with Crippen LogP contribution in [0.25, 0.3) is 22.2 Å². The van der Waals surface area contributed by atoms with Gasteiger partial charge in [-0.15, -0.1) is 10.2 Å². The fraction of sp³-hybridized carbons (Fsp3) is 0.0952. The first-order chi connectivity index (χ1) is 14.5. The minimum absolute atomic E-state index is 0.141. The first-order valence-corrected chi connectivity index (χ1v) is 10.8. The number of nitrogens with zero attached hydrogens (tertiary/aromatic N) is 3. The molecular weight excluding hydrogens is 420 g/mol. The van der Waals surface area contributed by atoms with Gasteiger partial charge in [-0.1, -0.05) is 53.4 Å². The van der Waals surface area contributed by atoms with Crippen molar-refractivity contribution in [2.75, 3.05) is 11.1 Å². The van der Waals surface area contributed by atoms with Crippen LogP contribution in [0.4, 0.5) is 5.69 Å². The van der Waals surface area contributed by atoms with E-state index in [1.165, 1.54) is 23.1 Å². The van der Waals surface area contributed by atoms with E-state index < -0.39 is 5.97 Å². The number of hydrogen-bond donors (Lipinski definition) is 2. The third-order valence-electron chi connectivity index (χ3n) is 4.25. The van der Waals surface area contributed by atoms with Crippen LogP contribution in [0.3, 0.4) is 0 Å². The minimum atomic E-state index is -0.998. The van der Waals surface area contributed by atoms with E-state index in [-0.39, 0.29) is 17.2 Å². The maximum Gasteiger partial charge on any atom is 0.336 e. The third kappa shape index (κ3) is 4.47. The number of pyridine rings is 1. The molecule has 30 heavy (non-hydrogen) atoms. The maximum absolute atomic E-state index is 12.2. The molecule has 0 bridgehead atoms. The smallest absolute Gasteiger partial charge is 0.336 e. The highest BCUT2D eigenvalue weighted by Gasteiger charge is 2.13. The number of amides is 1. The lowest BCUT2D eigenvalue weighted by molar-refractivity contribution is -0.113. The molecule has 2 aromatic carbocycles. The molecule has 2 heterocycles. The number of hydrogen-bond acceptors (Lipinski definition) is 7. The van der Waals surface area contributed by atoms with Crippen LogP contribution in [-0.2, 0) is 4.79 Å².